The van der Waals surface area contributed by atoms with E-state index in [1.165, 1.54) is 0 Å². The van der Waals surface area contributed by atoms with E-state index >= 15 is 0 Å². The van der Waals surface area contributed by atoms with Crippen LogP contribution in [-0.2, 0) is 4.79 Å². The Morgan fingerprint density at radius 2 is 1.90 bits per heavy atom. The molecule has 1 aliphatic rings. The highest BCUT2D eigenvalue weighted by atomic mass is 16.5. The summed E-state index contributed by atoms with van der Waals surface area (Å²) < 4.78 is 5.39. The number of hydrogen-bond donors (Lipinski definition) is 0. The van der Waals surface area contributed by atoms with E-state index < -0.39 is 0 Å². The van der Waals surface area contributed by atoms with Crippen molar-refractivity contribution in [2.45, 2.75) is 33.1 Å². The Hall–Kier alpha value is -2.03. The van der Waals surface area contributed by atoms with Crippen LogP contribution in [0.2, 0.25) is 0 Å². The molecule has 3 nitrogen and oxygen atoms in total. The van der Waals surface area contributed by atoms with Gasteiger partial charge in [0.05, 0.1) is 6.42 Å². The number of hydrogen-bond acceptors (Lipinski definition) is 3. The van der Waals surface area contributed by atoms with Gasteiger partial charge in [-0.2, -0.15) is 0 Å². The van der Waals surface area contributed by atoms with Crippen molar-refractivity contribution >= 4 is 11.7 Å². The summed E-state index contributed by atoms with van der Waals surface area (Å²) in [4.78, 5) is 13.8. The van der Waals surface area contributed by atoms with Gasteiger partial charge < -0.3 is 9.64 Å². The summed E-state index contributed by atoms with van der Waals surface area (Å²) in [7, 11) is 0. The number of nitrogens with zero attached hydrogens (tertiary/aromatic N) is 1. The molecule has 0 saturated carbocycles. The van der Waals surface area contributed by atoms with Gasteiger partial charge in [-0.1, -0.05) is 37.3 Å². The zero-order chi connectivity index (χ0) is 15.6. The van der Waals surface area contributed by atoms with Crippen LogP contribution in [0, 0.1) is 0 Å². The normalized spacial score (nSPS) is 16.9. The lowest BCUT2D eigenvalue weighted by Gasteiger charge is -2.28. The second kappa shape index (κ2) is 6.17. The molecule has 3 heteroatoms. The number of esters is 1. The Bertz CT molecular complexity index is 573. The topological polar surface area (TPSA) is 29.5 Å². The molecular weight excluding hydrogens is 262 g/mol. The molecule has 0 spiro atoms. The van der Waals surface area contributed by atoms with Crippen LogP contribution < -0.4 is 9.64 Å². The summed E-state index contributed by atoms with van der Waals surface area (Å²) in [5.41, 5.74) is 4.30. The smallest absolute Gasteiger partial charge is 0.311 e. The first-order chi connectivity index (χ1) is 9.86. The average molecular weight is 285 g/mol. The third kappa shape index (κ3) is 3.75. The molecule has 1 aromatic rings. The minimum Gasteiger partial charge on any atom is -0.426 e. The van der Waals surface area contributed by atoms with E-state index in [0.717, 1.165) is 35.5 Å². The van der Waals surface area contributed by atoms with Crippen LogP contribution >= 0.6 is 0 Å². The van der Waals surface area contributed by atoms with Gasteiger partial charge in [-0.3, -0.25) is 4.79 Å². The zero-order valence-electron chi connectivity index (χ0n) is 13.1. The van der Waals surface area contributed by atoms with Gasteiger partial charge in [-0.05, 0) is 31.4 Å². The maximum Gasteiger partial charge on any atom is 0.311 e. The lowest BCUT2D eigenvalue weighted by Crippen LogP contribution is -2.27. The fourth-order valence-electron chi connectivity index (χ4n) is 2.63. The van der Waals surface area contributed by atoms with Crippen molar-refractivity contribution in [2.24, 2.45) is 0 Å². The maximum absolute atomic E-state index is 11.6. The minimum atomic E-state index is -0.154. The molecule has 0 N–H and O–H groups in total. The van der Waals surface area contributed by atoms with E-state index in [9.17, 15) is 4.79 Å². The Morgan fingerprint density at radius 1 is 1.29 bits per heavy atom. The Labute approximate surface area is 126 Å². The van der Waals surface area contributed by atoms with Crippen molar-refractivity contribution in [2.75, 3.05) is 18.0 Å². The third-order valence-electron chi connectivity index (χ3n) is 3.51. The third-order valence-corrected chi connectivity index (χ3v) is 3.51. The lowest BCUT2D eigenvalue weighted by atomic mass is 9.94. The van der Waals surface area contributed by atoms with Gasteiger partial charge in [-0.25, -0.2) is 0 Å². The number of carbonyl (C=O) groups excluding carboxylic acids is 1. The first-order valence-electron chi connectivity index (χ1n) is 7.25. The van der Waals surface area contributed by atoms with E-state index in [4.69, 9.17) is 4.74 Å². The average Bonchev–Trinajstić information content (AvgIpc) is 2.35. The second-order valence-corrected chi connectivity index (χ2v) is 6.07. The fourth-order valence-corrected chi connectivity index (χ4v) is 2.63. The molecule has 0 radical (unpaired) electrons. The molecule has 1 unspecified atom stereocenters. The molecule has 0 aromatic heterocycles. The molecule has 1 aromatic carbocycles. The summed E-state index contributed by atoms with van der Waals surface area (Å²) in [6, 6.07) is 6.10. The summed E-state index contributed by atoms with van der Waals surface area (Å²) in [6.07, 6.45) is 0.452. The Morgan fingerprint density at radius 3 is 2.48 bits per heavy atom. The maximum atomic E-state index is 11.6. The van der Waals surface area contributed by atoms with Gasteiger partial charge >= 0.3 is 5.97 Å². The minimum absolute atomic E-state index is 0.154. The van der Waals surface area contributed by atoms with Crippen molar-refractivity contribution < 1.29 is 9.53 Å². The van der Waals surface area contributed by atoms with Crippen molar-refractivity contribution in [3.05, 3.63) is 48.1 Å². The monoisotopic (exact) mass is 285 g/mol. The van der Waals surface area contributed by atoms with Gasteiger partial charge in [0, 0.05) is 24.8 Å². The highest BCUT2D eigenvalue weighted by molar-refractivity contribution is 5.77. The molecule has 1 heterocycles. The van der Waals surface area contributed by atoms with Crippen molar-refractivity contribution in [3.8, 4) is 5.75 Å². The molecule has 0 bridgehead atoms. The van der Waals surface area contributed by atoms with Crippen LogP contribution in [0.3, 0.4) is 0 Å². The van der Waals surface area contributed by atoms with Crippen molar-refractivity contribution in [1.82, 2.24) is 0 Å². The first-order valence-corrected chi connectivity index (χ1v) is 7.25. The van der Waals surface area contributed by atoms with E-state index in [1.807, 2.05) is 19.9 Å². The SMILES string of the molecule is C=C(C)CN(CC(=C)C)c1ccc2c(c1)OC(=O)CC2C. The molecule has 1 atom stereocenters. The summed E-state index contributed by atoms with van der Waals surface area (Å²) >= 11 is 0. The van der Waals surface area contributed by atoms with Gasteiger partial charge in [0.1, 0.15) is 5.75 Å². The zero-order valence-corrected chi connectivity index (χ0v) is 13.1. The Balaban J connectivity index is 2.33. The van der Waals surface area contributed by atoms with E-state index in [-0.39, 0.29) is 11.9 Å². The van der Waals surface area contributed by atoms with Crippen LogP contribution in [0.5, 0.6) is 5.75 Å². The van der Waals surface area contributed by atoms with Gasteiger partial charge in [0.2, 0.25) is 0 Å². The predicted octanol–water partition coefficient (Wildman–Crippen LogP) is 4.06. The quantitative estimate of drug-likeness (QED) is 0.464. The van der Waals surface area contributed by atoms with Crippen LogP contribution in [-0.4, -0.2) is 19.1 Å². The highest BCUT2D eigenvalue weighted by Gasteiger charge is 2.24. The van der Waals surface area contributed by atoms with Crippen molar-refractivity contribution in [3.63, 3.8) is 0 Å². The molecule has 0 aliphatic carbocycles. The van der Waals surface area contributed by atoms with Crippen molar-refractivity contribution in [1.29, 1.82) is 0 Å². The number of carbonyl (C=O) groups is 1. The van der Waals surface area contributed by atoms with Crippen LogP contribution in [0.15, 0.2) is 42.5 Å². The van der Waals surface area contributed by atoms with Gasteiger partial charge in [-0.15, -0.1) is 0 Å². The summed E-state index contributed by atoms with van der Waals surface area (Å²) in [5.74, 6) is 0.745. The molecule has 0 fully saturated rings. The molecule has 112 valence electrons. The highest BCUT2D eigenvalue weighted by Crippen LogP contribution is 2.36. The number of benzene rings is 1. The number of ether oxygens (including phenoxy) is 1. The fraction of sp³-hybridized carbons (Fsp3) is 0.389. The van der Waals surface area contributed by atoms with Crippen LogP contribution in [0.4, 0.5) is 5.69 Å². The Kier molecular flexibility index (Phi) is 4.51. The standard InChI is InChI=1S/C18H23NO2/c1-12(2)10-19(11-13(3)4)15-6-7-16-14(5)8-18(20)21-17(16)9-15/h6-7,9,14H,1,3,8,10-11H2,2,4-5H3. The molecule has 1 aliphatic heterocycles. The van der Waals surface area contributed by atoms with Crippen LogP contribution in [0.1, 0.15) is 38.7 Å². The number of anilines is 1. The summed E-state index contributed by atoms with van der Waals surface area (Å²) in [5, 5.41) is 0. The largest absolute Gasteiger partial charge is 0.426 e. The molecular formula is C18H23NO2. The first kappa shape index (κ1) is 15.4. The van der Waals surface area contributed by atoms with Crippen LogP contribution in [0.25, 0.3) is 0 Å². The molecule has 0 saturated heterocycles. The van der Waals surface area contributed by atoms with E-state index in [0.29, 0.717) is 12.2 Å². The summed E-state index contributed by atoms with van der Waals surface area (Å²) in [6.45, 7) is 15.5. The van der Waals surface area contributed by atoms with Gasteiger partial charge in [0.25, 0.3) is 0 Å². The number of fused-ring (bicyclic) bond motifs is 1. The molecule has 2 rings (SSSR count). The molecule has 21 heavy (non-hydrogen) atoms. The predicted molar refractivity (Wildman–Crippen MR) is 87.0 cm³/mol. The van der Waals surface area contributed by atoms with E-state index in [2.05, 4.69) is 37.1 Å². The number of rotatable bonds is 5. The van der Waals surface area contributed by atoms with Gasteiger partial charge in [0.15, 0.2) is 0 Å². The second-order valence-electron chi connectivity index (χ2n) is 6.07. The lowest BCUT2D eigenvalue weighted by molar-refractivity contribution is -0.135. The van der Waals surface area contributed by atoms with E-state index in [1.54, 1.807) is 0 Å². The molecule has 0 amide bonds.